The number of carbonyl (C=O) groups is 6. The summed E-state index contributed by atoms with van der Waals surface area (Å²) in [4.78, 5) is 77.0. The molecule has 15 atom stereocenters. The van der Waals surface area contributed by atoms with Crippen molar-refractivity contribution in [1.82, 2.24) is 5.32 Å². The number of methoxy groups -OCH3 is 1. The smallest absolute Gasteiger partial charge is 0.303 e. The summed E-state index contributed by atoms with van der Waals surface area (Å²) < 4.78 is 95.1. The molecule has 82 heavy (non-hydrogen) atoms. The van der Waals surface area contributed by atoms with Crippen LogP contribution >= 0.6 is 0 Å². The minimum Gasteiger partial charge on any atom is -0.463 e. The summed E-state index contributed by atoms with van der Waals surface area (Å²) in [6.07, 6.45) is -12.5. The Morgan fingerprint density at radius 3 is 1.38 bits per heavy atom. The quantitative estimate of drug-likeness (QED) is 0.0431. The molecule has 1 N–H and O–H groups in total. The molecule has 0 unspecified atom stereocenters. The maximum Gasteiger partial charge on any atom is 0.303 e. The van der Waals surface area contributed by atoms with E-state index in [1.807, 2.05) is 91.0 Å². The third kappa shape index (κ3) is 20.5. The summed E-state index contributed by atoms with van der Waals surface area (Å²) in [5.41, 5.74) is 2.62. The molecule has 0 spiro atoms. The highest BCUT2D eigenvalue weighted by molar-refractivity contribution is 5.74. The lowest BCUT2D eigenvalue weighted by molar-refractivity contribution is -0.367. The molecule has 22 nitrogen and oxygen atoms in total. The Kier molecular flexibility index (Phi) is 27.1. The minimum atomic E-state index is -1.75. The molecular formula is C60H81NO21. The van der Waals surface area contributed by atoms with E-state index < -0.39 is 134 Å². The number of carbonyl (C=O) groups excluding carboxylic acids is 6. The first-order valence-electron chi connectivity index (χ1n) is 27.9. The van der Waals surface area contributed by atoms with Crippen LogP contribution in [-0.4, -0.2) is 161 Å². The van der Waals surface area contributed by atoms with Gasteiger partial charge in [0.1, 0.15) is 49.3 Å². The fraction of sp³-hybridized carbons (Fsp3) is 0.600. The second kappa shape index (κ2) is 34.0. The van der Waals surface area contributed by atoms with Crippen molar-refractivity contribution in [2.75, 3.05) is 33.5 Å². The average molecular weight is 1150 g/mol. The highest BCUT2D eigenvalue weighted by Crippen LogP contribution is 2.37. The highest BCUT2D eigenvalue weighted by Gasteiger charge is 2.58. The Balaban J connectivity index is 1.45. The fourth-order valence-electron chi connectivity index (χ4n) is 9.96. The third-order valence-electron chi connectivity index (χ3n) is 13.5. The first-order valence-corrected chi connectivity index (χ1v) is 27.9. The first-order chi connectivity index (χ1) is 39.5. The third-order valence-corrected chi connectivity index (χ3v) is 13.5. The summed E-state index contributed by atoms with van der Waals surface area (Å²) in [5.74, 6) is -4.72. The lowest BCUT2D eigenvalue weighted by Gasteiger charge is -2.49. The number of nitrogens with one attached hydrogen (secondary N) is 1. The number of rotatable bonds is 31. The molecule has 1 amide bonds. The Morgan fingerprint density at radius 2 is 0.866 bits per heavy atom. The molecule has 3 fully saturated rings. The maximum absolute atomic E-state index is 13.3. The number of ether oxygens (including phenoxy) is 15. The largest absolute Gasteiger partial charge is 0.463 e. The lowest BCUT2D eigenvalue weighted by atomic mass is 9.94. The van der Waals surface area contributed by atoms with Crippen LogP contribution in [0.2, 0.25) is 0 Å². The first kappa shape index (κ1) is 65.2. The van der Waals surface area contributed by atoms with Gasteiger partial charge in [-0.3, -0.25) is 28.8 Å². The molecule has 3 aliphatic heterocycles. The standard InChI is InChI=1S/C60H81NO21/c1-9-10-11-12-13-23-30-69-59-56(73-33-45-28-21-16-22-29-45)54(72-32-44-26-19-15-20-27-44)50(71-31-43-24-17-14-18-25-43)47(81-59)36-74-60-57(55(78-42(7)67)52(76-40(5)65)46(80-60)34-68-8)82-58-49(61-37(2)62)53(77-41(6)66)51(75-39(4)64)48(79-58)35-70-38(3)63/h14-22,24-29,46-60H,9-13,23,30-36H2,1-8H3,(H,61,62)/t46-,47-,48-,49-,50-,51-,52-,53-,54+,55+,56-,57+,58+,59-,60+/m1/s1. The molecule has 0 aromatic heterocycles. The van der Waals surface area contributed by atoms with Crippen LogP contribution in [0.1, 0.15) is 104 Å². The molecule has 0 radical (unpaired) electrons. The van der Waals surface area contributed by atoms with Crippen LogP contribution in [0.15, 0.2) is 91.0 Å². The van der Waals surface area contributed by atoms with Crippen LogP contribution in [0.25, 0.3) is 0 Å². The zero-order valence-electron chi connectivity index (χ0n) is 48.1. The van der Waals surface area contributed by atoms with Gasteiger partial charge in [0.25, 0.3) is 0 Å². The SMILES string of the molecule is CCCCCCCCO[C@@H]1O[C@H](CO[C@H]2O[C@H](COC)[C@@H](OC(C)=O)[C@H](OC(C)=O)[C@@H]2O[C@@H]2O[C@H](COC(C)=O)[C@@H](OC(C)=O)[C@H](OC(C)=O)[C@H]2NC(C)=O)[C@@H](OCc2ccccc2)[C@H](OCc2ccccc2)[C@H]1OCc1ccccc1. The molecule has 3 aromatic carbocycles. The number of unbranched alkanes of at least 4 members (excludes halogenated alkanes) is 5. The molecule has 452 valence electrons. The lowest BCUT2D eigenvalue weighted by Crippen LogP contribution is -2.69. The number of esters is 5. The predicted molar refractivity (Wildman–Crippen MR) is 290 cm³/mol. The molecule has 22 heteroatoms. The van der Waals surface area contributed by atoms with Crippen LogP contribution in [0.5, 0.6) is 0 Å². The van der Waals surface area contributed by atoms with Gasteiger partial charge in [0.05, 0.1) is 33.0 Å². The molecule has 0 aliphatic carbocycles. The molecule has 6 rings (SSSR count). The minimum absolute atomic E-state index is 0.0985. The van der Waals surface area contributed by atoms with Gasteiger partial charge in [-0.2, -0.15) is 0 Å². The second-order valence-corrected chi connectivity index (χ2v) is 20.3. The normalized spacial score (nSPS) is 28.0. The molecule has 3 aromatic rings. The van der Waals surface area contributed by atoms with Gasteiger partial charge in [0.15, 0.2) is 49.4 Å². The van der Waals surface area contributed by atoms with Crippen molar-refractivity contribution >= 4 is 35.8 Å². The van der Waals surface area contributed by atoms with Crippen molar-refractivity contribution in [2.24, 2.45) is 0 Å². The molecule has 3 aliphatic rings. The van der Waals surface area contributed by atoms with E-state index in [2.05, 4.69) is 12.2 Å². The molecular weight excluding hydrogens is 1070 g/mol. The summed E-state index contributed by atoms with van der Waals surface area (Å²) >= 11 is 0. The van der Waals surface area contributed by atoms with Gasteiger partial charge in [-0.15, -0.1) is 0 Å². The summed E-state index contributed by atoms with van der Waals surface area (Å²) in [7, 11) is 1.39. The Hall–Kier alpha value is -5.92. The fourth-order valence-corrected chi connectivity index (χ4v) is 9.96. The van der Waals surface area contributed by atoms with E-state index in [4.69, 9.17) is 71.1 Å². The van der Waals surface area contributed by atoms with Gasteiger partial charge in [-0.25, -0.2) is 0 Å². The number of hydrogen-bond donors (Lipinski definition) is 1. The zero-order valence-corrected chi connectivity index (χ0v) is 48.1. The molecule has 0 bridgehead atoms. The van der Waals surface area contributed by atoms with E-state index in [9.17, 15) is 28.8 Å². The number of hydrogen-bond acceptors (Lipinski definition) is 21. The Labute approximate surface area is 479 Å². The van der Waals surface area contributed by atoms with Gasteiger partial charge in [-0.1, -0.05) is 130 Å². The van der Waals surface area contributed by atoms with Crippen LogP contribution in [0.3, 0.4) is 0 Å². The van der Waals surface area contributed by atoms with Gasteiger partial charge in [0.2, 0.25) is 5.91 Å². The van der Waals surface area contributed by atoms with Crippen molar-refractivity contribution in [3.8, 4) is 0 Å². The van der Waals surface area contributed by atoms with E-state index >= 15 is 0 Å². The molecule has 3 saturated heterocycles. The van der Waals surface area contributed by atoms with Crippen LogP contribution < -0.4 is 5.32 Å². The average Bonchev–Trinajstić information content (AvgIpc) is 3.35. The molecule has 3 heterocycles. The number of amides is 1. The summed E-state index contributed by atoms with van der Waals surface area (Å²) in [5, 5.41) is 2.68. The van der Waals surface area contributed by atoms with Gasteiger partial charge in [0, 0.05) is 55.3 Å². The van der Waals surface area contributed by atoms with Gasteiger partial charge < -0.3 is 76.4 Å². The van der Waals surface area contributed by atoms with E-state index in [0.29, 0.717) is 6.61 Å². The second-order valence-electron chi connectivity index (χ2n) is 20.3. The van der Waals surface area contributed by atoms with Gasteiger partial charge >= 0.3 is 29.8 Å². The monoisotopic (exact) mass is 1150 g/mol. The van der Waals surface area contributed by atoms with E-state index in [0.717, 1.165) is 89.8 Å². The van der Waals surface area contributed by atoms with E-state index in [1.165, 1.54) is 14.0 Å². The van der Waals surface area contributed by atoms with Crippen LogP contribution in [0.4, 0.5) is 0 Å². The highest BCUT2D eigenvalue weighted by atomic mass is 16.8. The van der Waals surface area contributed by atoms with Crippen LogP contribution in [0, 0.1) is 0 Å². The van der Waals surface area contributed by atoms with Gasteiger partial charge in [-0.05, 0) is 23.1 Å². The zero-order chi connectivity index (χ0) is 59.0. The maximum atomic E-state index is 13.3. The summed E-state index contributed by atoms with van der Waals surface area (Å²) in [6.45, 7) is 8.54. The van der Waals surface area contributed by atoms with Crippen molar-refractivity contribution in [3.05, 3.63) is 108 Å². The van der Waals surface area contributed by atoms with Crippen molar-refractivity contribution in [3.63, 3.8) is 0 Å². The van der Waals surface area contributed by atoms with E-state index in [1.54, 1.807) is 0 Å². The van der Waals surface area contributed by atoms with Crippen molar-refractivity contribution in [2.45, 2.75) is 199 Å². The van der Waals surface area contributed by atoms with Crippen LogP contribution in [-0.2, 0) is 120 Å². The molecule has 0 saturated carbocycles. The topological polar surface area (TPSA) is 253 Å². The number of benzene rings is 3. The predicted octanol–water partition coefficient (Wildman–Crippen LogP) is 6.14. The summed E-state index contributed by atoms with van der Waals surface area (Å²) in [6, 6.07) is 27.3. The Morgan fingerprint density at radius 1 is 0.427 bits per heavy atom. The Bertz CT molecular complexity index is 2420. The van der Waals surface area contributed by atoms with Crippen molar-refractivity contribution in [1.29, 1.82) is 0 Å². The van der Waals surface area contributed by atoms with Crippen molar-refractivity contribution < 1.29 is 99.8 Å². The van der Waals surface area contributed by atoms with E-state index in [-0.39, 0.29) is 33.0 Å².